The lowest BCUT2D eigenvalue weighted by molar-refractivity contribution is -0.134. The predicted molar refractivity (Wildman–Crippen MR) is 125 cm³/mol. The van der Waals surface area contributed by atoms with E-state index in [-0.39, 0.29) is 18.4 Å². The molecule has 1 aromatic heterocycles. The van der Waals surface area contributed by atoms with Crippen LogP contribution in [0.1, 0.15) is 37.3 Å². The minimum absolute atomic E-state index is 0.139. The maximum Gasteiger partial charge on any atom is 0.325 e. The molecular weight excluding hydrogens is 420 g/mol. The van der Waals surface area contributed by atoms with E-state index in [1.165, 1.54) is 0 Å². The van der Waals surface area contributed by atoms with Crippen molar-refractivity contribution in [2.75, 3.05) is 20.2 Å². The number of hydrogen-bond donors (Lipinski definition) is 3. The first-order valence-corrected chi connectivity index (χ1v) is 11.0. The van der Waals surface area contributed by atoms with Crippen molar-refractivity contribution in [3.63, 3.8) is 0 Å². The molecule has 8 nitrogen and oxygen atoms in total. The van der Waals surface area contributed by atoms with Crippen molar-refractivity contribution >= 4 is 28.7 Å². The Bertz CT molecular complexity index is 1190. The fourth-order valence-electron chi connectivity index (χ4n) is 4.17. The van der Waals surface area contributed by atoms with Gasteiger partial charge in [-0.3, -0.25) is 14.5 Å². The molecule has 1 saturated heterocycles. The summed E-state index contributed by atoms with van der Waals surface area (Å²) >= 11 is 0. The number of nitrogens with zero attached hydrogens (tertiary/aromatic N) is 1. The Morgan fingerprint density at radius 2 is 1.88 bits per heavy atom. The topological polar surface area (TPSA) is 104 Å². The molecule has 0 spiro atoms. The quantitative estimate of drug-likeness (QED) is 0.461. The summed E-state index contributed by atoms with van der Waals surface area (Å²) in [6.07, 6.45) is 2.41. The van der Waals surface area contributed by atoms with E-state index in [9.17, 15) is 14.4 Å². The lowest BCUT2D eigenvalue weighted by Gasteiger charge is -2.21. The summed E-state index contributed by atoms with van der Waals surface area (Å²) < 4.78 is 5.28. The van der Waals surface area contributed by atoms with Crippen molar-refractivity contribution in [2.24, 2.45) is 0 Å². The standard InChI is InChI=1S/C25H28N4O4/c1-4-25(2)23(31)29(24(32)28-25)15-22(30)27-13-19(16-9-11-17(33-3)12-10-16)20-14-26-21-8-6-5-7-18(20)21/h5-12,14,19,26H,4,13,15H2,1-3H3,(H,27,30)(H,28,32)/t19-,25-/m1/s1. The lowest BCUT2D eigenvalue weighted by Crippen LogP contribution is -2.45. The summed E-state index contributed by atoms with van der Waals surface area (Å²) in [4.78, 5) is 41.9. The van der Waals surface area contributed by atoms with E-state index in [1.807, 2.05) is 61.7 Å². The fourth-order valence-corrected chi connectivity index (χ4v) is 4.17. The van der Waals surface area contributed by atoms with E-state index in [4.69, 9.17) is 4.74 Å². The summed E-state index contributed by atoms with van der Waals surface area (Å²) in [5, 5.41) is 6.66. The van der Waals surface area contributed by atoms with Crippen molar-refractivity contribution in [1.82, 2.24) is 20.5 Å². The second kappa shape index (κ2) is 8.97. The SMILES string of the molecule is CC[C@@]1(C)NC(=O)N(CC(=O)NC[C@H](c2ccc(OC)cc2)c2c[nH]c3ccccc23)C1=O. The van der Waals surface area contributed by atoms with Gasteiger partial charge < -0.3 is 20.4 Å². The summed E-state index contributed by atoms with van der Waals surface area (Å²) in [7, 11) is 1.62. The Labute approximate surface area is 192 Å². The third-order valence-corrected chi connectivity index (χ3v) is 6.37. The van der Waals surface area contributed by atoms with E-state index in [1.54, 1.807) is 14.0 Å². The van der Waals surface area contributed by atoms with E-state index >= 15 is 0 Å². The van der Waals surface area contributed by atoms with Crippen LogP contribution in [0.2, 0.25) is 0 Å². The van der Waals surface area contributed by atoms with Crippen molar-refractivity contribution < 1.29 is 19.1 Å². The number of H-pyrrole nitrogens is 1. The molecule has 0 bridgehead atoms. The Morgan fingerprint density at radius 3 is 2.55 bits per heavy atom. The van der Waals surface area contributed by atoms with Gasteiger partial charge in [0.15, 0.2) is 0 Å². The van der Waals surface area contributed by atoms with Gasteiger partial charge in [0.1, 0.15) is 17.8 Å². The maximum atomic E-state index is 12.7. The number of amides is 4. The highest BCUT2D eigenvalue weighted by atomic mass is 16.5. The number of urea groups is 1. The van der Waals surface area contributed by atoms with Crippen molar-refractivity contribution in [2.45, 2.75) is 31.7 Å². The molecule has 4 amide bonds. The van der Waals surface area contributed by atoms with Gasteiger partial charge in [0, 0.05) is 29.6 Å². The molecule has 3 N–H and O–H groups in total. The molecule has 172 valence electrons. The zero-order valence-corrected chi connectivity index (χ0v) is 19.0. The molecule has 0 unspecified atom stereocenters. The average molecular weight is 449 g/mol. The van der Waals surface area contributed by atoms with Gasteiger partial charge in [0.05, 0.1) is 7.11 Å². The molecule has 0 radical (unpaired) electrons. The van der Waals surface area contributed by atoms with E-state index < -0.39 is 17.5 Å². The second-order valence-corrected chi connectivity index (χ2v) is 8.43. The van der Waals surface area contributed by atoms with Gasteiger partial charge in [-0.15, -0.1) is 0 Å². The number of nitrogens with one attached hydrogen (secondary N) is 3. The molecule has 0 saturated carbocycles. The number of carbonyl (C=O) groups excluding carboxylic acids is 3. The lowest BCUT2D eigenvalue weighted by atomic mass is 9.90. The van der Waals surface area contributed by atoms with Gasteiger partial charge in [-0.25, -0.2) is 4.79 Å². The summed E-state index contributed by atoms with van der Waals surface area (Å²) in [5.74, 6) is -0.163. The summed E-state index contributed by atoms with van der Waals surface area (Å²) in [6.45, 7) is 3.48. The zero-order chi connectivity index (χ0) is 23.6. The highest BCUT2D eigenvalue weighted by Gasteiger charge is 2.47. The van der Waals surface area contributed by atoms with E-state index in [0.717, 1.165) is 32.7 Å². The number of carbonyl (C=O) groups is 3. The molecule has 4 rings (SSSR count). The van der Waals surface area contributed by atoms with Crippen LogP contribution >= 0.6 is 0 Å². The number of benzene rings is 2. The van der Waals surface area contributed by atoms with Crippen LogP contribution in [0, 0.1) is 0 Å². The molecule has 33 heavy (non-hydrogen) atoms. The monoisotopic (exact) mass is 448 g/mol. The van der Waals surface area contributed by atoms with Crippen LogP contribution in [-0.2, 0) is 9.59 Å². The third-order valence-electron chi connectivity index (χ3n) is 6.37. The van der Waals surface area contributed by atoms with Crippen molar-refractivity contribution in [1.29, 1.82) is 0 Å². The summed E-state index contributed by atoms with van der Waals surface area (Å²) in [5.41, 5.74) is 2.10. The first kappa shape index (κ1) is 22.4. The van der Waals surface area contributed by atoms with Crippen molar-refractivity contribution in [3.05, 3.63) is 65.9 Å². The molecule has 2 atom stereocenters. The molecule has 3 aromatic rings. The van der Waals surface area contributed by atoms with E-state index in [0.29, 0.717) is 13.0 Å². The largest absolute Gasteiger partial charge is 0.497 e. The molecule has 1 aliphatic rings. The number of rotatable bonds is 8. The minimum Gasteiger partial charge on any atom is -0.497 e. The van der Waals surface area contributed by atoms with Gasteiger partial charge in [-0.1, -0.05) is 37.3 Å². The molecule has 2 aromatic carbocycles. The van der Waals surface area contributed by atoms with Crippen LogP contribution in [0.5, 0.6) is 5.75 Å². The number of imide groups is 1. The first-order valence-electron chi connectivity index (χ1n) is 11.0. The number of hydrogen-bond acceptors (Lipinski definition) is 4. The Kier molecular flexibility index (Phi) is 6.09. The van der Waals surface area contributed by atoms with Crippen LogP contribution in [0.3, 0.4) is 0 Å². The maximum absolute atomic E-state index is 12.7. The average Bonchev–Trinajstić information content (AvgIpc) is 3.34. The Morgan fingerprint density at radius 1 is 1.15 bits per heavy atom. The molecular formula is C25H28N4O4. The number of fused-ring (bicyclic) bond motifs is 1. The molecule has 1 fully saturated rings. The number of methoxy groups -OCH3 is 1. The molecule has 2 heterocycles. The van der Waals surface area contributed by atoms with Gasteiger partial charge in [-0.2, -0.15) is 0 Å². The van der Waals surface area contributed by atoms with Crippen LogP contribution < -0.4 is 15.4 Å². The molecule has 0 aliphatic carbocycles. The first-order chi connectivity index (χ1) is 15.9. The predicted octanol–water partition coefficient (Wildman–Crippen LogP) is 3.15. The minimum atomic E-state index is -0.965. The van der Waals surface area contributed by atoms with Crippen LogP contribution in [0.25, 0.3) is 10.9 Å². The summed E-state index contributed by atoms with van der Waals surface area (Å²) in [6, 6.07) is 15.2. The van der Waals surface area contributed by atoms with Gasteiger partial charge in [-0.05, 0) is 42.7 Å². The Balaban J connectivity index is 1.54. The van der Waals surface area contributed by atoms with Crippen LogP contribution in [-0.4, -0.2) is 53.5 Å². The fraction of sp³-hybridized carbons (Fsp3) is 0.320. The van der Waals surface area contributed by atoms with E-state index in [2.05, 4.69) is 15.6 Å². The second-order valence-electron chi connectivity index (χ2n) is 8.43. The highest BCUT2D eigenvalue weighted by molar-refractivity contribution is 6.08. The third kappa shape index (κ3) is 4.28. The highest BCUT2D eigenvalue weighted by Crippen LogP contribution is 2.31. The number of ether oxygens (including phenoxy) is 1. The molecule has 8 heteroatoms. The molecule has 1 aliphatic heterocycles. The van der Waals surface area contributed by atoms with Gasteiger partial charge in [0.2, 0.25) is 5.91 Å². The van der Waals surface area contributed by atoms with Crippen molar-refractivity contribution in [3.8, 4) is 5.75 Å². The van der Waals surface area contributed by atoms with Gasteiger partial charge >= 0.3 is 6.03 Å². The normalized spacial score (nSPS) is 18.9. The number of aromatic nitrogens is 1. The Hall–Kier alpha value is -3.81. The smallest absolute Gasteiger partial charge is 0.325 e. The van der Waals surface area contributed by atoms with Gasteiger partial charge in [0.25, 0.3) is 5.91 Å². The number of para-hydroxylation sites is 1. The number of aromatic amines is 1. The van der Waals surface area contributed by atoms with Crippen LogP contribution in [0.4, 0.5) is 4.79 Å². The zero-order valence-electron chi connectivity index (χ0n) is 19.0. The van der Waals surface area contributed by atoms with Crippen LogP contribution in [0.15, 0.2) is 54.7 Å².